The molecule has 3 aromatic rings. The molecule has 0 unspecified atom stereocenters. The zero-order chi connectivity index (χ0) is 21.6. The van der Waals surface area contributed by atoms with E-state index in [2.05, 4.69) is 45.2 Å². The fourth-order valence-electron chi connectivity index (χ4n) is 2.91. The summed E-state index contributed by atoms with van der Waals surface area (Å²) in [5.41, 5.74) is 3.35. The van der Waals surface area contributed by atoms with E-state index in [1.54, 1.807) is 6.20 Å². The summed E-state index contributed by atoms with van der Waals surface area (Å²) >= 11 is 0. The molecule has 0 bridgehead atoms. The molecule has 158 valence electrons. The van der Waals surface area contributed by atoms with E-state index in [1.165, 1.54) is 5.56 Å². The minimum atomic E-state index is -0.526. The Morgan fingerprint density at radius 1 is 1.10 bits per heavy atom. The Labute approximate surface area is 177 Å². The van der Waals surface area contributed by atoms with Crippen LogP contribution in [0.15, 0.2) is 60.8 Å². The molecule has 1 atom stereocenters. The van der Waals surface area contributed by atoms with Crippen LogP contribution in [0.2, 0.25) is 0 Å². The lowest BCUT2D eigenvalue weighted by Crippen LogP contribution is -2.27. The van der Waals surface area contributed by atoms with E-state index in [4.69, 9.17) is 4.74 Å². The summed E-state index contributed by atoms with van der Waals surface area (Å²) < 4.78 is 5.26. The van der Waals surface area contributed by atoms with Gasteiger partial charge < -0.3 is 15.4 Å². The molecule has 0 radical (unpaired) electrons. The number of H-pyrrole nitrogens is 1. The Balaban J connectivity index is 1.54. The van der Waals surface area contributed by atoms with Crippen molar-refractivity contribution >= 4 is 23.3 Å². The monoisotopic (exact) mass is 407 g/mol. The second-order valence-electron chi connectivity index (χ2n) is 8.11. The Morgan fingerprint density at radius 2 is 1.80 bits per heavy atom. The highest BCUT2D eigenvalue weighted by Crippen LogP contribution is 2.24. The fraction of sp³-hybridized carbons (Fsp3) is 0.304. The number of rotatable bonds is 7. The SMILES string of the molecule is C[C@@H](Nc1cn[nH]c1NCc1ccc(NC(=O)OC(C)(C)C)cc1)c1ccccc1. The molecular weight excluding hydrogens is 378 g/mol. The van der Waals surface area contributed by atoms with E-state index >= 15 is 0 Å². The van der Waals surface area contributed by atoms with Gasteiger partial charge in [0.05, 0.1) is 11.9 Å². The molecule has 1 heterocycles. The van der Waals surface area contributed by atoms with E-state index < -0.39 is 11.7 Å². The number of aromatic nitrogens is 2. The first-order chi connectivity index (χ1) is 14.3. The van der Waals surface area contributed by atoms with Gasteiger partial charge in [-0.15, -0.1) is 0 Å². The molecule has 1 amide bonds. The predicted octanol–water partition coefficient (Wildman–Crippen LogP) is 5.54. The Bertz CT molecular complexity index is 946. The maximum absolute atomic E-state index is 11.9. The molecule has 0 aliphatic rings. The van der Waals surface area contributed by atoms with Crippen LogP contribution in [0, 0.1) is 0 Å². The van der Waals surface area contributed by atoms with Gasteiger partial charge in [-0.3, -0.25) is 10.4 Å². The standard InChI is InChI=1S/C23H29N5O2/c1-16(18-8-6-5-7-9-18)26-20-15-25-28-21(20)24-14-17-10-12-19(13-11-17)27-22(29)30-23(2,3)4/h5-13,15-16,26H,14H2,1-4H3,(H,27,29)(H2,24,25,28)/t16-/m1/s1. The topological polar surface area (TPSA) is 91.1 Å². The Morgan fingerprint density at radius 3 is 2.47 bits per heavy atom. The number of nitrogens with one attached hydrogen (secondary N) is 4. The summed E-state index contributed by atoms with van der Waals surface area (Å²) in [5, 5.41) is 16.7. The zero-order valence-corrected chi connectivity index (χ0v) is 17.8. The van der Waals surface area contributed by atoms with Gasteiger partial charge in [-0.25, -0.2) is 4.79 Å². The number of nitrogens with zero attached hydrogens (tertiary/aromatic N) is 1. The smallest absolute Gasteiger partial charge is 0.412 e. The minimum Gasteiger partial charge on any atom is -0.444 e. The van der Waals surface area contributed by atoms with Crippen LogP contribution in [-0.4, -0.2) is 21.9 Å². The zero-order valence-electron chi connectivity index (χ0n) is 17.8. The van der Waals surface area contributed by atoms with Crippen molar-refractivity contribution in [2.45, 2.75) is 45.9 Å². The average Bonchev–Trinajstić information content (AvgIpc) is 3.13. The fourth-order valence-corrected chi connectivity index (χ4v) is 2.91. The van der Waals surface area contributed by atoms with Gasteiger partial charge in [-0.05, 0) is 51.0 Å². The van der Waals surface area contributed by atoms with Gasteiger partial charge in [0.1, 0.15) is 11.4 Å². The summed E-state index contributed by atoms with van der Waals surface area (Å²) in [6.07, 6.45) is 1.31. The van der Waals surface area contributed by atoms with Crippen LogP contribution in [0.3, 0.4) is 0 Å². The third-order valence-corrected chi connectivity index (χ3v) is 4.38. The maximum Gasteiger partial charge on any atom is 0.412 e. The van der Waals surface area contributed by atoms with Gasteiger partial charge in [0.25, 0.3) is 0 Å². The summed E-state index contributed by atoms with van der Waals surface area (Å²) in [6, 6.07) is 18.0. The van der Waals surface area contributed by atoms with Crippen LogP contribution in [-0.2, 0) is 11.3 Å². The highest BCUT2D eigenvalue weighted by molar-refractivity contribution is 5.84. The second kappa shape index (κ2) is 9.35. The van der Waals surface area contributed by atoms with Crippen LogP contribution in [0.5, 0.6) is 0 Å². The number of hydrogen-bond acceptors (Lipinski definition) is 5. The summed E-state index contributed by atoms with van der Waals surface area (Å²) in [6.45, 7) is 8.23. The van der Waals surface area contributed by atoms with Crippen LogP contribution in [0.25, 0.3) is 0 Å². The van der Waals surface area contributed by atoms with Gasteiger partial charge >= 0.3 is 6.09 Å². The van der Waals surface area contributed by atoms with Gasteiger partial charge in [-0.2, -0.15) is 5.10 Å². The molecule has 7 heteroatoms. The molecule has 0 spiro atoms. The van der Waals surface area contributed by atoms with Crippen LogP contribution < -0.4 is 16.0 Å². The average molecular weight is 408 g/mol. The highest BCUT2D eigenvalue weighted by Gasteiger charge is 2.16. The van der Waals surface area contributed by atoms with Gasteiger partial charge in [0, 0.05) is 18.3 Å². The molecule has 4 N–H and O–H groups in total. The summed E-state index contributed by atoms with van der Waals surface area (Å²) in [5.74, 6) is 0.828. The molecule has 7 nitrogen and oxygen atoms in total. The molecule has 0 saturated heterocycles. The molecule has 0 fully saturated rings. The van der Waals surface area contributed by atoms with Crippen molar-refractivity contribution in [2.24, 2.45) is 0 Å². The van der Waals surface area contributed by atoms with Gasteiger partial charge in [0.2, 0.25) is 0 Å². The van der Waals surface area contributed by atoms with Crippen LogP contribution >= 0.6 is 0 Å². The van der Waals surface area contributed by atoms with Crippen molar-refractivity contribution in [3.05, 3.63) is 71.9 Å². The van der Waals surface area contributed by atoms with E-state index in [0.717, 1.165) is 17.1 Å². The number of carbonyl (C=O) groups excluding carboxylic acids is 1. The molecule has 0 saturated carbocycles. The van der Waals surface area contributed by atoms with Crippen molar-refractivity contribution in [3.63, 3.8) is 0 Å². The number of anilines is 3. The Kier molecular flexibility index (Phi) is 6.61. The van der Waals surface area contributed by atoms with E-state index in [9.17, 15) is 4.79 Å². The third kappa shape index (κ3) is 6.27. The van der Waals surface area contributed by atoms with Crippen molar-refractivity contribution in [2.75, 3.05) is 16.0 Å². The Hall–Kier alpha value is -3.48. The lowest BCUT2D eigenvalue weighted by Gasteiger charge is -2.19. The first kappa shape index (κ1) is 21.2. The van der Waals surface area contributed by atoms with Crippen molar-refractivity contribution in [1.82, 2.24) is 10.2 Å². The quantitative estimate of drug-likeness (QED) is 0.413. The molecule has 0 aliphatic carbocycles. The van der Waals surface area contributed by atoms with Crippen LogP contribution in [0.1, 0.15) is 44.9 Å². The number of ether oxygens (including phenoxy) is 1. The molecule has 1 aromatic heterocycles. The largest absolute Gasteiger partial charge is 0.444 e. The van der Waals surface area contributed by atoms with E-state index in [-0.39, 0.29) is 6.04 Å². The lowest BCUT2D eigenvalue weighted by molar-refractivity contribution is 0.0636. The van der Waals surface area contributed by atoms with Crippen LogP contribution in [0.4, 0.5) is 22.0 Å². The maximum atomic E-state index is 11.9. The van der Waals surface area contributed by atoms with Gasteiger partial charge in [-0.1, -0.05) is 42.5 Å². The first-order valence-corrected chi connectivity index (χ1v) is 9.98. The summed E-state index contributed by atoms with van der Waals surface area (Å²) in [7, 11) is 0. The molecule has 30 heavy (non-hydrogen) atoms. The number of hydrogen-bond donors (Lipinski definition) is 4. The normalized spacial score (nSPS) is 12.1. The number of carbonyl (C=O) groups is 1. The minimum absolute atomic E-state index is 0.155. The second-order valence-corrected chi connectivity index (χ2v) is 8.11. The molecule has 3 rings (SSSR count). The van der Waals surface area contributed by atoms with E-state index in [1.807, 2.05) is 63.2 Å². The predicted molar refractivity (Wildman–Crippen MR) is 121 cm³/mol. The van der Waals surface area contributed by atoms with Gasteiger partial charge in [0.15, 0.2) is 0 Å². The summed E-state index contributed by atoms with van der Waals surface area (Å²) in [4.78, 5) is 11.9. The van der Waals surface area contributed by atoms with Crippen molar-refractivity contribution < 1.29 is 9.53 Å². The number of benzene rings is 2. The van der Waals surface area contributed by atoms with Crippen molar-refractivity contribution in [1.29, 1.82) is 0 Å². The van der Waals surface area contributed by atoms with E-state index in [0.29, 0.717) is 12.2 Å². The highest BCUT2D eigenvalue weighted by atomic mass is 16.6. The number of amides is 1. The molecular formula is C23H29N5O2. The van der Waals surface area contributed by atoms with Crippen molar-refractivity contribution in [3.8, 4) is 0 Å². The third-order valence-electron chi connectivity index (χ3n) is 4.38. The molecule has 0 aliphatic heterocycles. The first-order valence-electron chi connectivity index (χ1n) is 9.98. The molecule has 2 aromatic carbocycles. The lowest BCUT2D eigenvalue weighted by atomic mass is 10.1. The number of aromatic amines is 1.